The van der Waals surface area contributed by atoms with E-state index in [0.29, 0.717) is 19.0 Å². The van der Waals surface area contributed by atoms with Gasteiger partial charge in [-0.1, -0.05) is 39.0 Å². The van der Waals surface area contributed by atoms with Crippen LogP contribution in [-0.4, -0.2) is 29.7 Å². The van der Waals surface area contributed by atoms with E-state index >= 15 is 0 Å². The van der Waals surface area contributed by atoms with E-state index in [1.54, 1.807) is 0 Å². The predicted octanol–water partition coefficient (Wildman–Crippen LogP) is 2.90. The Bertz CT molecular complexity index is 299. The summed E-state index contributed by atoms with van der Waals surface area (Å²) in [5, 5.41) is 14.5. The third kappa shape index (κ3) is 8.02. The summed E-state index contributed by atoms with van der Waals surface area (Å²) in [7, 11) is 0. The number of carboxylic acid groups (broad SMARTS) is 1. The maximum Gasteiger partial charge on any atom is 0.315 e. The van der Waals surface area contributed by atoms with Crippen molar-refractivity contribution in [3.8, 4) is 0 Å². The molecule has 0 spiro atoms. The van der Waals surface area contributed by atoms with Crippen LogP contribution in [0.4, 0.5) is 4.79 Å². The molecule has 5 nitrogen and oxygen atoms in total. The van der Waals surface area contributed by atoms with E-state index in [4.69, 9.17) is 5.11 Å². The second kappa shape index (κ2) is 9.61. The quantitative estimate of drug-likeness (QED) is 0.701. The summed E-state index contributed by atoms with van der Waals surface area (Å²) in [5.74, 6) is -0.593. The van der Waals surface area contributed by atoms with Gasteiger partial charge in [-0.2, -0.15) is 0 Å². The molecule has 1 aliphatic rings. The van der Waals surface area contributed by atoms with Gasteiger partial charge in [0.2, 0.25) is 0 Å². The molecule has 2 amide bonds. The van der Waals surface area contributed by atoms with E-state index in [1.807, 2.05) is 6.92 Å². The lowest BCUT2D eigenvalue weighted by Gasteiger charge is -2.21. The molecule has 20 heavy (non-hydrogen) atoms. The molecule has 1 aliphatic carbocycles. The number of amides is 2. The SMILES string of the molecule is CC(CCC(=O)O)CNC(=O)NC1CCCCCCC1. The Kier molecular flexibility index (Phi) is 8.07. The first-order valence-electron chi connectivity index (χ1n) is 7.84. The molecule has 116 valence electrons. The van der Waals surface area contributed by atoms with Crippen LogP contribution in [0.2, 0.25) is 0 Å². The predicted molar refractivity (Wildman–Crippen MR) is 78.7 cm³/mol. The Labute approximate surface area is 121 Å². The minimum absolute atomic E-state index is 0.113. The molecule has 0 aromatic heterocycles. The summed E-state index contributed by atoms with van der Waals surface area (Å²) in [6, 6.07) is 0.183. The van der Waals surface area contributed by atoms with E-state index in [0.717, 1.165) is 12.8 Å². The zero-order chi connectivity index (χ0) is 14.8. The molecule has 0 aliphatic heterocycles. The molecule has 0 saturated heterocycles. The number of hydrogen-bond acceptors (Lipinski definition) is 2. The van der Waals surface area contributed by atoms with Crippen LogP contribution in [0.15, 0.2) is 0 Å². The van der Waals surface area contributed by atoms with Crippen LogP contribution in [0.5, 0.6) is 0 Å². The third-order valence-corrected chi connectivity index (χ3v) is 3.90. The molecule has 1 atom stereocenters. The first kappa shape index (κ1) is 16.8. The van der Waals surface area contributed by atoms with Crippen molar-refractivity contribution in [1.82, 2.24) is 10.6 Å². The first-order chi connectivity index (χ1) is 9.58. The van der Waals surface area contributed by atoms with Gasteiger partial charge in [-0.25, -0.2) is 4.79 Å². The van der Waals surface area contributed by atoms with Gasteiger partial charge >= 0.3 is 12.0 Å². The summed E-state index contributed by atoms with van der Waals surface area (Å²) >= 11 is 0. The summed E-state index contributed by atoms with van der Waals surface area (Å²) < 4.78 is 0. The molecular formula is C15H28N2O3. The molecule has 1 fully saturated rings. The van der Waals surface area contributed by atoms with Crippen LogP contribution >= 0.6 is 0 Å². The van der Waals surface area contributed by atoms with E-state index in [1.165, 1.54) is 32.1 Å². The van der Waals surface area contributed by atoms with Crippen molar-refractivity contribution in [2.45, 2.75) is 70.8 Å². The van der Waals surface area contributed by atoms with Gasteiger partial charge in [0.15, 0.2) is 0 Å². The Morgan fingerprint density at radius 1 is 1.15 bits per heavy atom. The van der Waals surface area contributed by atoms with Crippen LogP contribution < -0.4 is 10.6 Å². The Morgan fingerprint density at radius 2 is 1.75 bits per heavy atom. The molecule has 5 heteroatoms. The normalized spacial score (nSPS) is 18.6. The van der Waals surface area contributed by atoms with Crippen molar-refractivity contribution < 1.29 is 14.7 Å². The van der Waals surface area contributed by atoms with E-state index in [2.05, 4.69) is 10.6 Å². The number of hydrogen-bond donors (Lipinski definition) is 3. The van der Waals surface area contributed by atoms with Crippen LogP contribution in [0.3, 0.4) is 0 Å². The maximum absolute atomic E-state index is 11.8. The van der Waals surface area contributed by atoms with Gasteiger partial charge in [-0.05, 0) is 25.2 Å². The maximum atomic E-state index is 11.8. The summed E-state index contributed by atoms with van der Waals surface area (Å²) in [6.07, 6.45) is 9.15. The molecule has 0 heterocycles. The second-order valence-electron chi connectivity index (χ2n) is 5.93. The molecule has 0 aromatic carbocycles. The first-order valence-corrected chi connectivity index (χ1v) is 7.84. The van der Waals surface area contributed by atoms with Gasteiger partial charge in [0.25, 0.3) is 0 Å². The monoisotopic (exact) mass is 284 g/mol. The molecule has 0 radical (unpaired) electrons. The summed E-state index contributed by atoms with van der Waals surface area (Å²) in [4.78, 5) is 22.3. The summed E-state index contributed by atoms with van der Waals surface area (Å²) in [6.45, 7) is 2.49. The zero-order valence-corrected chi connectivity index (χ0v) is 12.5. The lowest BCUT2D eigenvalue weighted by Crippen LogP contribution is -2.43. The van der Waals surface area contributed by atoms with Crippen LogP contribution in [0.25, 0.3) is 0 Å². The number of nitrogens with one attached hydrogen (secondary N) is 2. The van der Waals surface area contributed by atoms with Gasteiger partial charge in [0.05, 0.1) is 0 Å². The number of aliphatic carboxylic acids is 1. The third-order valence-electron chi connectivity index (χ3n) is 3.90. The fourth-order valence-electron chi connectivity index (χ4n) is 2.58. The topological polar surface area (TPSA) is 78.4 Å². The van der Waals surface area contributed by atoms with Crippen molar-refractivity contribution in [3.05, 3.63) is 0 Å². The van der Waals surface area contributed by atoms with Crippen molar-refractivity contribution in [3.63, 3.8) is 0 Å². The largest absolute Gasteiger partial charge is 0.481 e. The molecule has 1 saturated carbocycles. The fraction of sp³-hybridized carbons (Fsp3) is 0.867. The molecule has 3 N–H and O–H groups in total. The second-order valence-corrected chi connectivity index (χ2v) is 5.93. The fourth-order valence-corrected chi connectivity index (χ4v) is 2.58. The van der Waals surface area contributed by atoms with Crippen LogP contribution in [0, 0.1) is 5.92 Å². The van der Waals surface area contributed by atoms with Gasteiger partial charge in [-0.15, -0.1) is 0 Å². The zero-order valence-electron chi connectivity index (χ0n) is 12.5. The van der Waals surface area contributed by atoms with Crippen molar-refractivity contribution in [1.29, 1.82) is 0 Å². The van der Waals surface area contributed by atoms with Crippen molar-refractivity contribution in [2.75, 3.05) is 6.54 Å². The number of urea groups is 1. The van der Waals surface area contributed by atoms with Gasteiger partial charge in [-0.3, -0.25) is 4.79 Å². The minimum atomic E-state index is -0.782. The lowest BCUT2D eigenvalue weighted by atomic mass is 9.97. The standard InChI is InChI=1S/C15H28N2O3/c1-12(9-10-14(18)19)11-16-15(20)17-13-7-5-3-2-4-6-8-13/h12-13H,2-11H2,1H3,(H,18,19)(H2,16,17,20). The Balaban J connectivity index is 2.16. The van der Waals surface area contributed by atoms with E-state index in [-0.39, 0.29) is 18.4 Å². The van der Waals surface area contributed by atoms with Gasteiger partial charge < -0.3 is 15.7 Å². The van der Waals surface area contributed by atoms with Crippen molar-refractivity contribution >= 4 is 12.0 Å². The molecule has 0 bridgehead atoms. The highest BCUT2D eigenvalue weighted by atomic mass is 16.4. The molecule has 1 rings (SSSR count). The Hall–Kier alpha value is -1.26. The van der Waals surface area contributed by atoms with Crippen molar-refractivity contribution in [2.24, 2.45) is 5.92 Å². The number of rotatable bonds is 6. The number of carbonyl (C=O) groups excluding carboxylic acids is 1. The van der Waals surface area contributed by atoms with E-state index < -0.39 is 5.97 Å². The Morgan fingerprint density at radius 3 is 2.35 bits per heavy atom. The smallest absolute Gasteiger partial charge is 0.315 e. The highest BCUT2D eigenvalue weighted by Crippen LogP contribution is 2.16. The average Bonchev–Trinajstić information content (AvgIpc) is 2.37. The highest BCUT2D eigenvalue weighted by molar-refractivity contribution is 5.74. The van der Waals surface area contributed by atoms with Crippen LogP contribution in [0.1, 0.15) is 64.7 Å². The average molecular weight is 284 g/mol. The van der Waals surface area contributed by atoms with Gasteiger partial charge in [0.1, 0.15) is 0 Å². The molecular weight excluding hydrogens is 256 g/mol. The van der Waals surface area contributed by atoms with Crippen LogP contribution in [-0.2, 0) is 4.79 Å². The van der Waals surface area contributed by atoms with Gasteiger partial charge in [0, 0.05) is 19.0 Å². The van der Waals surface area contributed by atoms with E-state index in [9.17, 15) is 9.59 Å². The minimum Gasteiger partial charge on any atom is -0.481 e. The lowest BCUT2D eigenvalue weighted by molar-refractivity contribution is -0.137. The number of carbonyl (C=O) groups is 2. The number of carboxylic acids is 1. The highest BCUT2D eigenvalue weighted by Gasteiger charge is 2.14. The molecule has 0 aromatic rings. The summed E-state index contributed by atoms with van der Waals surface area (Å²) in [5.41, 5.74) is 0. The molecule has 1 unspecified atom stereocenters.